The third kappa shape index (κ3) is 5.10. The van der Waals surface area contributed by atoms with Crippen LogP contribution in [0.3, 0.4) is 0 Å². The van der Waals surface area contributed by atoms with Crippen molar-refractivity contribution in [1.29, 1.82) is 0 Å². The first-order valence-corrected chi connectivity index (χ1v) is 10.00. The average Bonchev–Trinajstić information content (AvgIpc) is 3.25. The number of nitrogens with zero attached hydrogens (tertiary/aromatic N) is 5. The summed E-state index contributed by atoms with van der Waals surface area (Å²) in [5.41, 5.74) is 1.20. The highest BCUT2D eigenvalue weighted by Crippen LogP contribution is 2.19. The van der Waals surface area contributed by atoms with E-state index in [1.54, 1.807) is 43.5 Å². The first kappa shape index (κ1) is 20.6. The van der Waals surface area contributed by atoms with Crippen molar-refractivity contribution in [3.63, 3.8) is 0 Å². The van der Waals surface area contributed by atoms with Crippen molar-refractivity contribution in [3.8, 4) is 0 Å². The SMILES string of the molecule is CC(=O)N1CCN(c2ccc(NC(=O)c3nnc(Nc4ccc(Cl)cc4)o3)cn2)CC1. The molecular weight excluding hydrogens is 422 g/mol. The Hall–Kier alpha value is -3.66. The molecule has 2 N–H and O–H groups in total. The maximum Gasteiger partial charge on any atom is 0.320 e. The topological polar surface area (TPSA) is 116 Å². The molecule has 0 radical (unpaired) electrons. The van der Waals surface area contributed by atoms with Crippen molar-refractivity contribution in [2.45, 2.75) is 6.92 Å². The summed E-state index contributed by atoms with van der Waals surface area (Å²) >= 11 is 5.85. The molecule has 0 unspecified atom stereocenters. The van der Waals surface area contributed by atoms with E-state index in [2.05, 4.69) is 30.7 Å². The Morgan fingerprint density at radius 2 is 1.71 bits per heavy atom. The minimum absolute atomic E-state index is 0.0817. The number of halogens is 1. The Balaban J connectivity index is 1.33. The van der Waals surface area contributed by atoms with E-state index in [1.807, 2.05) is 11.0 Å². The van der Waals surface area contributed by atoms with Gasteiger partial charge in [0, 0.05) is 43.8 Å². The van der Waals surface area contributed by atoms with Crippen LogP contribution in [0.15, 0.2) is 47.0 Å². The van der Waals surface area contributed by atoms with Gasteiger partial charge in [0.25, 0.3) is 0 Å². The fourth-order valence-electron chi connectivity index (χ4n) is 3.10. The predicted octanol–water partition coefficient (Wildman–Crippen LogP) is 2.78. The zero-order valence-electron chi connectivity index (χ0n) is 16.7. The molecule has 0 spiro atoms. The number of aromatic nitrogens is 3. The van der Waals surface area contributed by atoms with E-state index in [-0.39, 0.29) is 17.8 Å². The fraction of sp³-hybridized carbons (Fsp3) is 0.250. The van der Waals surface area contributed by atoms with Crippen LogP contribution in [0.5, 0.6) is 0 Å². The number of benzene rings is 1. The minimum Gasteiger partial charge on any atom is -0.399 e. The highest BCUT2D eigenvalue weighted by molar-refractivity contribution is 6.30. The van der Waals surface area contributed by atoms with Crippen molar-refractivity contribution < 1.29 is 14.0 Å². The van der Waals surface area contributed by atoms with Gasteiger partial charge in [0.1, 0.15) is 5.82 Å². The van der Waals surface area contributed by atoms with Crippen LogP contribution in [0.2, 0.25) is 5.02 Å². The average molecular weight is 442 g/mol. The van der Waals surface area contributed by atoms with Crippen LogP contribution in [0, 0.1) is 0 Å². The molecule has 1 aliphatic rings. The van der Waals surface area contributed by atoms with Crippen molar-refractivity contribution in [3.05, 3.63) is 53.5 Å². The third-order valence-electron chi connectivity index (χ3n) is 4.77. The van der Waals surface area contributed by atoms with E-state index >= 15 is 0 Å². The second kappa shape index (κ2) is 9.00. The molecule has 2 amide bonds. The van der Waals surface area contributed by atoms with Gasteiger partial charge in [-0.3, -0.25) is 9.59 Å². The number of carbonyl (C=O) groups excluding carboxylic acids is 2. The first-order chi connectivity index (χ1) is 15.0. The predicted molar refractivity (Wildman–Crippen MR) is 116 cm³/mol. The maximum absolute atomic E-state index is 12.4. The quantitative estimate of drug-likeness (QED) is 0.620. The molecule has 11 heteroatoms. The van der Waals surface area contributed by atoms with Gasteiger partial charge in [-0.25, -0.2) is 4.98 Å². The van der Waals surface area contributed by atoms with Crippen molar-refractivity contribution in [1.82, 2.24) is 20.1 Å². The van der Waals surface area contributed by atoms with Crippen LogP contribution in [0.25, 0.3) is 0 Å². The number of hydrogen-bond donors (Lipinski definition) is 2. The summed E-state index contributed by atoms with van der Waals surface area (Å²) < 4.78 is 5.36. The lowest BCUT2D eigenvalue weighted by Crippen LogP contribution is -2.48. The van der Waals surface area contributed by atoms with Crippen LogP contribution in [-0.2, 0) is 4.79 Å². The number of rotatable bonds is 5. The molecule has 10 nitrogen and oxygen atoms in total. The van der Waals surface area contributed by atoms with E-state index in [0.29, 0.717) is 42.6 Å². The fourth-order valence-corrected chi connectivity index (χ4v) is 3.23. The number of hydrogen-bond acceptors (Lipinski definition) is 8. The van der Waals surface area contributed by atoms with Crippen molar-refractivity contribution in [2.75, 3.05) is 41.7 Å². The van der Waals surface area contributed by atoms with Gasteiger partial charge in [-0.1, -0.05) is 16.7 Å². The van der Waals surface area contributed by atoms with E-state index < -0.39 is 5.91 Å². The van der Waals surface area contributed by atoms with Gasteiger partial charge in [0.2, 0.25) is 5.91 Å². The molecule has 3 heterocycles. The van der Waals surface area contributed by atoms with Crippen LogP contribution in [-0.4, -0.2) is 58.1 Å². The number of anilines is 4. The second-order valence-electron chi connectivity index (χ2n) is 6.90. The molecule has 1 saturated heterocycles. The number of piperazine rings is 1. The van der Waals surface area contributed by atoms with Gasteiger partial charge in [0.15, 0.2) is 0 Å². The number of pyridine rings is 1. The normalized spacial score (nSPS) is 13.7. The molecule has 4 rings (SSSR count). The number of nitrogens with one attached hydrogen (secondary N) is 2. The zero-order valence-corrected chi connectivity index (χ0v) is 17.5. The van der Waals surface area contributed by atoms with Gasteiger partial charge in [-0.15, -0.1) is 5.10 Å². The van der Waals surface area contributed by atoms with Crippen molar-refractivity contribution in [2.24, 2.45) is 0 Å². The molecule has 0 atom stereocenters. The highest BCUT2D eigenvalue weighted by atomic mass is 35.5. The van der Waals surface area contributed by atoms with Gasteiger partial charge in [-0.2, -0.15) is 0 Å². The van der Waals surface area contributed by atoms with Gasteiger partial charge in [0.05, 0.1) is 11.9 Å². The van der Waals surface area contributed by atoms with E-state index in [9.17, 15) is 9.59 Å². The maximum atomic E-state index is 12.4. The largest absolute Gasteiger partial charge is 0.399 e. The minimum atomic E-state index is -0.540. The third-order valence-corrected chi connectivity index (χ3v) is 5.02. The summed E-state index contributed by atoms with van der Waals surface area (Å²) in [6.45, 7) is 4.33. The van der Waals surface area contributed by atoms with E-state index in [4.69, 9.17) is 16.0 Å². The lowest BCUT2D eigenvalue weighted by atomic mass is 10.3. The number of amides is 2. The second-order valence-corrected chi connectivity index (χ2v) is 7.33. The van der Waals surface area contributed by atoms with E-state index in [0.717, 1.165) is 5.82 Å². The van der Waals surface area contributed by atoms with E-state index in [1.165, 1.54) is 0 Å². The first-order valence-electron chi connectivity index (χ1n) is 9.62. The Bertz CT molecular complexity index is 1060. The Labute approximate surface area is 183 Å². The summed E-state index contributed by atoms with van der Waals surface area (Å²) in [5, 5.41) is 13.8. The summed E-state index contributed by atoms with van der Waals surface area (Å²) in [6.07, 6.45) is 1.56. The zero-order chi connectivity index (χ0) is 21.8. The molecule has 0 aliphatic carbocycles. The monoisotopic (exact) mass is 441 g/mol. The van der Waals surface area contributed by atoms with Crippen LogP contribution in [0.1, 0.15) is 17.6 Å². The molecule has 2 aromatic heterocycles. The van der Waals surface area contributed by atoms with Crippen LogP contribution < -0.4 is 15.5 Å². The summed E-state index contributed by atoms with van der Waals surface area (Å²) in [4.78, 5) is 32.1. The Morgan fingerprint density at radius 3 is 2.35 bits per heavy atom. The molecule has 0 saturated carbocycles. The van der Waals surface area contributed by atoms with Crippen molar-refractivity contribution >= 4 is 46.6 Å². The molecule has 0 bridgehead atoms. The van der Waals surface area contributed by atoms with Gasteiger partial charge < -0.3 is 24.9 Å². The molecule has 3 aromatic rings. The standard InChI is InChI=1S/C20H20ClN7O3/c1-13(29)27-8-10-28(11-9-27)17-7-6-16(12-22-17)23-18(30)19-25-26-20(31-19)24-15-4-2-14(21)3-5-15/h2-7,12H,8-11H2,1H3,(H,23,30)(H,24,26). The lowest BCUT2D eigenvalue weighted by Gasteiger charge is -2.34. The molecule has 1 aliphatic heterocycles. The molecule has 160 valence electrons. The van der Waals surface area contributed by atoms with Crippen LogP contribution in [0.4, 0.5) is 23.2 Å². The molecule has 1 aromatic carbocycles. The highest BCUT2D eigenvalue weighted by Gasteiger charge is 2.20. The van der Waals surface area contributed by atoms with Crippen LogP contribution >= 0.6 is 11.6 Å². The molecule has 1 fully saturated rings. The van der Waals surface area contributed by atoms with Gasteiger partial charge in [-0.05, 0) is 36.4 Å². The molecule has 31 heavy (non-hydrogen) atoms. The summed E-state index contributed by atoms with van der Waals surface area (Å²) in [7, 11) is 0. The van der Waals surface area contributed by atoms with Gasteiger partial charge >= 0.3 is 17.8 Å². The lowest BCUT2D eigenvalue weighted by molar-refractivity contribution is -0.129. The number of carbonyl (C=O) groups is 2. The molecular formula is C20H20ClN7O3. The Kier molecular flexibility index (Phi) is 5.99. The summed E-state index contributed by atoms with van der Waals surface area (Å²) in [5.74, 6) is 0.147. The Morgan fingerprint density at radius 1 is 1.00 bits per heavy atom. The summed E-state index contributed by atoms with van der Waals surface area (Å²) in [6, 6.07) is 10.6. The smallest absolute Gasteiger partial charge is 0.320 e.